The largest absolute Gasteiger partial charge is 0.413 e. The molecule has 1 N–H and O–H groups in total. The molecule has 1 amide bonds. The van der Waals surface area contributed by atoms with E-state index in [9.17, 15) is 18.4 Å². The number of hydrogen-bond acceptors (Lipinski definition) is 3. The SMILES string of the molecule is CCCNC(=O)c1cc2cc(F)c(F)cc2c(=O)n1OC. The van der Waals surface area contributed by atoms with Crippen LogP contribution in [0.1, 0.15) is 23.8 Å². The molecule has 0 radical (unpaired) electrons. The van der Waals surface area contributed by atoms with Gasteiger partial charge in [0, 0.05) is 6.54 Å². The fraction of sp³-hybridized carbons (Fsp3) is 0.286. The molecule has 112 valence electrons. The smallest absolute Gasteiger partial charge is 0.291 e. The summed E-state index contributed by atoms with van der Waals surface area (Å²) in [6, 6.07) is 2.95. The van der Waals surface area contributed by atoms with Crippen molar-refractivity contribution < 1.29 is 18.4 Å². The molecule has 0 aliphatic heterocycles. The summed E-state index contributed by atoms with van der Waals surface area (Å²) in [6.07, 6.45) is 0.719. The summed E-state index contributed by atoms with van der Waals surface area (Å²) in [6.45, 7) is 2.30. The normalized spacial score (nSPS) is 10.7. The Labute approximate surface area is 119 Å². The number of carbonyl (C=O) groups excluding carboxylic acids is 1. The van der Waals surface area contributed by atoms with Crippen LogP contribution < -0.4 is 15.7 Å². The van der Waals surface area contributed by atoms with Crippen LogP contribution in [0.5, 0.6) is 0 Å². The fourth-order valence-corrected chi connectivity index (χ4v) is 1.96. The lowest BCUT2D eigenvalue weighted by atomic mass is 10.1. The molecule has 0 fully saturated rings. The van der Waals surface area contributed by atoms with E-state index in [1.807, 2.05) is 6.92 Å². The average Bonchev–Trinajstić information content (AvgIpc) is 2.46. The van der Waals surface area contributed by atoms with E-state index in [4.69, 9.17) is 4.84 Å². The summed E-state index contributed by atoms with van der Waals surface area (Å²) in [5, 5.41) is 2.66. The van der Waals surface area contributed by atoms with Crippen LogP contribution in [0.15, 0.2) is 23.0 Å². The molecule has 1 heterocycles. The van der Waals surface area contributed by atoms with Gasteiger partial charge in [-0.2, -0.15) is 0 Å². The number of pyridine rings is 1. The quantitative estimate of drug-likeness (QED) is 0.929. The van der Waals surface area contributed by atoms with Crippen LogP contribution in [0.3, 0.4) is 0 Å². The topological polar surface area (TPSA) is 60.3 Å². The predicted octanol–water partition coefficient (Wildman–Crippen LogP) is 1.48. The minimum absolute atomic E-state index is 0.0669. The van der Waals surface area contributed by atoms with Crippen LogP contribution in [0, 0.1) is 11.6 Å². The Bertz CT molecular complexity index is 756. The number of carbonyl (C=O) groups is 1. The number of benzene rings is 1. The second kappa shape index (κ2) is 5.90. The van der Waals surface area contributed by atoms with Crippen molar-refractivity contribution in [2.75, 3.05) is 13.7 Å². The Kier molecular flexibility index (Phi) is 4.21. The van der Waals surface area contributed by atoms with Crippen molar-refractivity contribution in [2.45, 2.75) is 13.3 Å². The number of fused-ring (bicyclic) bond motifs is 1. The first kappa shape index (κ1) is 15.0. The molecule has 5 nitrogen and oxygen atoms in total. The highest BCUT2D eigenvalue weighted by Gasteiger charge is 2.17. The zero-order valence-electron chi connectivity index (χ0n) is 11.6. The van der Waals surface area contributed by atoms with Crippen LogP contribution in [0.4, 0.5) is 8.78 Å². The van der Waals surface area contributed by atoms with Gasteiger partial charge in [0.05, 0.1) is 5.39 Å². The van der Waals surface area contributed by atoms with E-state index < -0.39 is 23.1 Å². The molecule has 1 aromatic carbocycles. The van der Waals surface area contributed by atoms with Crippen molar-refractivity contribution in [3.63, 3.8) is 0 Å². The molecule has 2 aromatic rings. The maximum atomic E-state index is 13.3. The van der Waals surface area contributed by atoms with Gasteiger partial charge in [0.2, 0.25) is 0 Å². The molecule has 0 aliphatic rings. The van der Waals surface area contributed by atoms with Crippen molar-refractivity contribution in [1.82, 2.24) is 10.0 Å². The second-order valence-corrected chi connectivity index (χ2v) is 4.42. The zero-order chi connectivity index (χ0) is 15.6. The van der Waals surface area contributed by atoms with Gasteiger partial charge >= 0.3 is 0 Å². The van der Waals surface area contributed by atoms with Crippen molar-refractivity contribution in [2.24, 2.45) is 0 Å². The third kappa shape index (κ3) is 2.72. The fourth-order valence-electron chi connectivity index (χ4n) is 1.96. The van der Waals surface area contributed by atoms with Crippen molar-refractivity contribution in [3.8, 4) is 0 Å². The van der Waals surface area contributed by atoms with E-state index in [1.165, 1.54) is 13.2 Å². The van der Waals surface area contributed by atoms with Crippen LogP contribution in [-0.2, 0) is 0 Å². The van der Waals surface area contributed by atoms with E-state index in [2.05, 4.69) is 5.32 Å². The summed E-state index contributed by atoms with van der Waals surface area (Å²) >= 11 is 0. The number of rotatable bonds is 4. The van der Waals surface area contributed by atoms with Gasteiger partial charge < -0.3 is 10.2 Å². The van der Waals surface area contributed by atoms with Gasteiger partial charge in [-0.25, -0.2) is 8.78 Å². The van der Waals surface area contributed by atoms with E-state index >= 15 is 0 Å². The molecule has 0 spiro atoms. The number of aromatic nitrogens is 1. The third-order valence-corrected chi connectivity index (χ3v) is 2.97. The van der Waals surface area contributed by atoms with Crippen LogP contribution >= 0.6 is 0 Å². The van der Waals surface area contributed by atoms with Crippen LogP contribution in [0.25, 0.3) is 10.8 Å². The highest BCUT2D eigenvalue weighted by molar-refractivity contribution is 5.96. The van der Waals surface area contributed by atoms with E-state index in [0.29, 0.717) is 6.54 Å². The number of amides is 1. The lowest BCUT2D eigenvalue weighted by molar-refractivity contribution is 0.0884. The van der Waals surface area contributed by atoms with Gasteiger partial charge in [-0.1, -0.05) is 6.92 Å². The van der Waals surface area contributed by atoms with Gasteiger partial charge in [0.25, 0.3) is 11.5 Å². The Morgan fingerprint density at radius 3 is 2.57 bits per heavy atom. The molecule has 0 atom stereocenters. The molecule has 0 unspecified atom stereocenters. The summed E-state index contributed by atoms with van der Waals surface area (Å²) in [5.74, 6) is -2.75. The summed E-state index contributed by atoms with van der Waals surface area (Å²) in [7, 11) is 1.21. The standard InChI is InChI=1S/C14H14F2N2O3/c1-3-4-17-13(19)12-6-8-5-10(15)11(16)7-9(8)14(20)18(12)21-2/h5-7H,3-4H2,1-2H3,(H,17,19). The molecule has 2 rings (SSSR count). The summed E-state index contributed by atoms with van der Waals surface area (Å²) < 4.78 is 27.3. The second-order valence-electron chi connectivity index (χ2n) is 4.42. The molecular formula is C14H14F2N2O3. The molecule has 7 heteroatoms. The number of nitrogens with one attached hydrogen (secondary N) is 1. The molecule has 21 heavy (non-hydrogen) atoms. The van der Waals surface area contributed by atoms with Crippen LogP contribution in [-0.4, -0.2) is 24.3 Å². The van der Waals surface area contributed by atoms with Gasteiger partial charge in [-0.05, 0) is 30.0 Å². The van der Waals surface area contributed by atoms with Gasteiger partial charge in [0.15, 0.2) is 11.6 Å². The van der Waals surface area contributed by atoms with Gasteiger partial charge in [-0.3, -0.25) is 9.59 Å². The minimum Gasteiger partial charge on any atom is -0.413 e. The molecule has 0 aliphatic carbocycles. The maximum Gasteiger partial charge on any atom is 0.291 e. The van der Waals surface area contributed by atoms with E-state index in [-0.39, 0.29) is 16.5 Å². The number of hydrogen-bond donors (Lipinski definition) is 1. The Balaban J connectivity index is 2.68. The third-order valence-electron chi connectivity index (χ3n) is 2.97. The maximum absolute atomic E-state index is 13.3. The monoisotopic (exact) mass is 296 g/mol. The number of halogens is 2. The first-order valence-electron chi connectivity index (χ1n) is 6.37. The number of nitrogens with zero attached hydrogens (tertiary/aromatic N) is 1. The van der Waals surface area contributed by atoms with Gasteiger partial charge in [0.1, 0.15) is 12.8 Å². The molecule has 1 aromatic heterocycles. The summed E-state index contributed by atoms with van der Waals surface area (Å²) in [4.78, 5) is 29.1. The first-order chi connectivity index (χ1) is 9.99. The average molecular weight is 296 g/mol. The van der Waals surface area contributed by atoms with Crippen LogP contribution in [0.2, 0.25) is 0 Å². The molecule has 0 saturated heterocycles. The first-order valence-corrected chi connectivity index (χ1v) is 6.37. The van der Waals surface area contributed by atoms with E-state index in [1.54, 1.807) is 0 Å². The lowest BCUT2D eigenvalue weighted by Gasteiger charge is -2.12. The molecular weight excluding hydrogens is 282 g/mol. The highest BCUT2D eigenvalue weighted by Crippen LogP contribution is 2.17. The summed E-state index contributed by atoms with van der Waals surface area (Å²) in [5.41, 5.74) is -0.801. The van der Waals surface area contributed by atoms with Crippen molar-refractivity contribution in [3.05, 3.63) is 45.9 Å². The molecule has 0 bridgehead atoms. The Hall–Kier alpha value is -2.44. The lowest BCUT2D eigenvalue weighted by Crippen LogP contribution is -2.35. The zero-order valence-corrected chi connectivity index (χ0v) is 11.6. The molecule has 0 saturated carbocycles. The Morgan fingerprint density at radius 2 is 1.95 bits per heavy atom. The van der Waals surface area contributed by atoms with E-state index in [0.717, 1.165) is 23.3 Å². The van der Waals surface area contributed by atoms with Crippen molar-refractivity contribution in [1.29, 1.82) is 0 Å². The predicted molar refractivity (Wildman–Crippen MR) is 73.3 cm³/mol. The minimum atomic E-state index is -1.13. The van der Waals surface area contributed by atoms with Crippen molar-refractivity contribution >= 4 is 16.7 Å². The highest BCUT2D eigenvalue weighted by atomic mass is 19.2. The van der Waals surface area contributed by atoms with Gasteiger partial charge in [-0.15, -0.1) is 4.73 Å². The Morgan fingerprint density at radius 1 is 1.29 bits per heavy atom.